The molecule has 0 bridgehead atoms. The fourth-order valence-electron chi connectivity index (χ4n) is 3.99. The fourth-order valence-corrected chi connectivity index (χ4v) is 3.99. The molecule has 27 heavy (non-hydrogen) atoms. The molecule has 0 atom stereocenters. The standard InChI is InChI=1S/C22H22N2O3/c25-21(19-7-3-5-16-8-11-23-20(16)19)24-12-9-15(10-13-24)14-17-4-1-2-6-18(17)22(26)27/h1-8,11,15,23H,9-10,12-14H2,(H,26,27). The van der Waals surface area contributed by atoms with Gasteiger partial charge in [0.05, 0.1) is 16.6 Å². The molecule has 5 heteroatoms. The Morgan fingerprint density at radius 1 is 1.00 bits per heavy atom. The first-order chi connectivity index (χ1) is 13.1. The lowest BCUT2D eigenvalue weighted by atomic mass is 9.88. The molecule has 5 nitrogen and oxygen atoms in total. The van der Waals surface area contributed by atoms with E-state index in [2.05, 4.69) is 4.98 Å². The molecule has 1 aliphatic heterocycles. The number of nitrogens with zero attached hydrogens (tertiary/aromatic N) is 1. The average molecular weight is 362 g/mol. The first kappa shape index (κ1) is 17.3. The number of para-hydroxylation sites is 1. The van der Waals surface area contributed by atoms with Crippen LogP contribution in [0, 0.1) is 5.92 Å². The Hall–Kier alpha value is -3.08. The number of carbonyl (C=O) groups excluding carboxylic acids is 1. The molecule has 0 aliphatic carbocycles. The van der Waals surface area contributed by atoms with Crippen LogP contribution >= 0.6 is 0 Å². The molecular weight excluding hydrogens is 340 g/mol. The second-order valence-electron chi connectivity index (χ2n) is 7.15. The number of hydrogen-bond acceptors (Lipinski definition) is 2. The van der Waals surface area contributed by atoms with Crippen molar-refractivity contribution in [2.75, 3.05) is 13.1 Å². The van der Waals surface area contributed by atoms with E-state index < -0.39 is 5.97 Å². The van der Waals surface area contributed by atoms with E-state index in [1.54, 1.807) is 12.1 Å². The summed E-state index contributed by atoms with van der Waals surface area (Å²) in [4.78, 5) is 29.4. The van der Waals surface area contributed by atoms with Gasteiger partial charge in [-0.3, -0.25) is 4.79 Å². The number of aromatic carboxylic acids is 1. The normalized spacial score (nSPS) is 15.2. The second kappa shape index (κ2) is 7.27. The summed E-state index contributed by atoms with van der Waals surface area (Å²) in [6.07, 6.45) is 4.38. The maximum Gasteiger partial charge on any atom is 0.335 e. The van der Waals surface area contributed by atoms with Gasteiger partial charge in [-0.05, 0) is 48.9 Å². The summed E-state index contributed by atoms with van der Waals surface area (Å²) in [7, 11) is 0. The van der Waals surface area contributed by atoms with Gasteiger partial charge < -0.3 is 15.0 Å². The van der Waals surface area contributed by atoms with Crippen LogP contribution in [-0.4, -0.2) is 40.0 Å². The lowest BCUT2D eigenvalue weighted by Gasteiger charge is -2.32. The number of carboxylic acids is 1. The van der Waals surface area contributed by atoms with Gasteiger partial charge in [-0.2, -0.15) is 0 Å². The van der Waals surface area contributed by atoms with E-state index in [0.29, 0.717) is 30.1 Å². The molecule has 0 unspecified atom stereocenters. The van der Waals surface area contributed by atoms with E-state index in [-0.39, 0.29) is 5.91 Å². The molecule has 1 saturated heterocycles. The Bertz CT molecular complexity index is 984. The maximum absolute atomic E-state index is 12.9. The number of rotatable bonds is 4. The van der Waals surface area contributed by atoms with Crippen LogP contribution in [0.4, 0.5) is 0 Å². The van der Waals surface area contributed by atoms with Gasteiger partial charge in [-0.15, -0.1) is 0 Å². The van der Waals surface area contributed by atoms with Crippen molar-refractivity contribution in [2.45, 2.75) is 19.3 Å². The number of carbonyl (C=O) groups is 2. The van der Waals surface area contributed by atoms with Crippen LogP contribution < -0.4 is 0 Å². The van der Waals surface area contributed by atoms with Crippen LogP contribution in [0.15, 0.2) is 54.7 Å². The lowest BCUT2D eigenvalue weighted by molar-refractivity contribution is 0.0692. The van der Waals surface area contributed by atoms with Crippen molar-refractivity contribution in [1.29, 1.82) is 0 Å². The third-order valence-corrected chi connectivity index (χ3v) is 5.48. The number of aromatic amines is 1. The van der Waals surface area contributed by atoms with Crippen molar-refractivity contribution in [3.63, 3.8) is 0 Å². The molecule has 1 aromatic heterocycles. The van der Waals surface area contributed by atoms with E-state index in [4.69, 9.17) is 0 Å². The largest absolute Gasteiger partial charge is 0.478 e. The molecule has 4 rings (SSSR count). The van der Waals surface area contributed by atoms with Gasteiger partial charge in [0.1, 0.15) is 0 Å². The first-order valence-corrected chi connectivity index (χ1v) is 9.30. The molecule has 2 heterocycles. The molecule has 1 amide bonds. The summed E-state index contributed by atoms with van der Waals surface area (Å²) >= 11 is 0. The van der Waals surface area contributed by atoms with Crippen molar-refractivity contribution < 1.29 is 14.7 Å². The summed E-state index contributed by atoms with van der Waals surface area (Å²) in [5.41, 5.74) is 2.87. The number of likely N-dealkylation sites (tertiary alicyclic amines) is 1. The highest BCUT2D eigenvalue weighted by atomic mass is 16.4. The molecule has 0 spiro atoms. The van der Waals surface area contributed by atoms with Crippen LogP contribution in [0.1, 0.15) is 39.1 Å². The number of fused-ring (bicyclic) bond motifs is 1. The topological polar surface area (TPSA) is 73.4 Å². The number of amides is 1. The van der Waals surface area contributed by atoms with Gasteiger partial charge in [0, 0.05) is 24.7 Å². The summed E-state index contributed by atoms with van der Waals surface area (Å²) in [6.45, 7) is 1.41. The summed E-state index contributed by atoms with van der Waals surface area (Å²) in [6, 6.07) is 15.0. The molecule has 1 fully saturated rings. The number of carboxylic acid groups (broad SMARTS) is 1. The average Bonchev–Trinajstić information content (AvgIpc) is 3.17. The zero-order valence-corrected chi connectivity index (χ0v) is 15.0. The zero-order chi connectivity index (χ0) is 18.8. The quantitative estimate of drug-likeness (QED) is 0.738. The van der Waals surface area contributed by atoms with Gasteiger partial charge in [0.2, 0.25) is 0 Å². The van der Waals surface area contributed by atoms with E-state index in [1.165, 1.54) is 0 Å². The summed E-state index contributed by atoms with van der Waals surface area (Å²) in [5.74, 6) is -0.416. The number of piperidine rings is 1. The van der Waals surface area contributed by atoms with Gasteiger partial charge >= 0.3 is 5.97 Å². The summed E-state index contributed by atoms with van der Waals surface area (Å²) in [5, 5.41) is 10.4. The molecule has 1 aliphatic rings. The minimum atomic E-state index is -0.878. The molecule has 0 saturated carbocycles. The number of hydrogen-bond donors (Lipinski definition) is 2. The monoisotopic (exact) mass is 362 g/mol. The van der Waals surface area contributed by atoms with Gasteiger partial charge in [-0.1, -0.05) is 30.3 Å². The number of H-pyrrole nitrogens is 1. The number of aromatic nitrogens is 1. The van der Waals surface area contributed by atoms with Crippen LogP contribution in [0.3, 0.4) is 0 Å². The molecule has 2 aromatic carbocycles. The number of nitrogens with one attached hydrogen (secondary N) is 1. The third kappa shape index (κ3) is 3.45. The van der Waals surface area contributed by atoms with Crippen molar-refractivity contribution in [3.8, 4) is 0 Å². The summed E-state index contributed by atoms with van der Waals surface area (Å²) < 4.78 is 0. The van der Waals surface area contributed by atoms with Gasteiger partial charge in [0.15, 0.2) is 0 Å². The molecule has 2 N–H and O–H groups in total. The van der Waals surface area contributed by atoms with E-state index in [9.17, 15) is 14.7 Å². The first-order valence-electron chi connectivity index (χ1n) is 9.30. The third-order valence-electron chi connectivity index (χ3n) is 5.48. The predicted octanol–water partition coefficient (Wildman–Crippen LogP) is 3.96. The van der Waals surface area contributed by atoms with Crippen LogP contribution in [0.2, 0.25) is 0 Å². The van der Waals surface area contributed by atoms with Crippen molar-refractivity contribution in [3.05, 3.63) is 71.4 Å². The minimum absolute atomic E-state index is 0.0624. The highest BCUT2D eigenvalue weighted by Gasteiger charge is 2.25. The smallest absolute Gasteiger partial charge is 0.335 e. The Labute approximate surface area is 157 Å². The predicted molar refractivity (Wildman–Crippen MR) is 104 cm³/mol. The van der Waals surface area contributed by atoms with Crippen LogP contribution in [0.25, 0.3) is 10.9 Å². The van der Waals surface area contributed by atoms with E-state index >= 15 is 0 Å². The van der Waals surface area contributed by atoms with E-state index in [0.717, 1.165) is 35.7 Å². The molecule has 138 valence electrons. The Morgan fingerprint density at radius 3 is 2.52 bits per heavy atom. The zero-order valence-electron chi connectivity index (χ0n) is 15.0. The minimum Gasteiger partial charge on any atom is -0.478 e. The van der Waals surface area contributed by atoms with Gasteiger partial charge in [-0.25, -0.2) is 4.79 Å². The maximum atomic E-state index is 12.9. The highest BCUT2D eigenvalue weighted by molar-refractivity contribution is 6.05. The van der Waals surface area contributed by atoms with Crippen LogP contribution in [-0.2, 0) is 6.42 Å². The fraction of sp³-hybridized carbons (Fsp3) is 0.273. The lowest BCUT2D eigenvalue weighted by Crippen LogP contribution is -2.39. The molecule has 3 aromatic rings. The van der Waals surface area contributed by atoms with E-state index in [1.807, 2.05) is 47.5 Å². The molecule has 0 radical (unpaired) electrons. The Morgan fingerprint density at radius 2 is 1.74 bits per heavy atom. The van der Waals surface area contributed by atoms with Crippen molar-refractivity contribution in [1.82, 2.24) is 9.88 Å². The second-order valence-corrected chi connectivity index (χ2v) is 7.15. The van der Waals surface area contributed by atoms with Crippen LogP contribution in [0.5, 0.6) is 0 Å². The SMILES string of the molecule is O=C(O)c1ccccc1CC1CCN(C(=O)c2cccc3cc[nH]c23)CC1. The highest BCUT2D eigenvalue weighted by Crippen LogP contribution is 2.26. The Balaban J connectivity index is 1.43. The van der Waals surface area contributed by atoms with Crippen molar-refractivity contribution in [2.24, 2.45) is 5.92 Å². The van der Waals surface area contributed by atoms with Gasteiger partial charge in [0.25, 0.3) is 5.91 Å². The Kier molecular flexibility index (Phi) is 4.67. The van der Waals surface area contributed by atoms with Crippen molar-refractivity contribution >= 4 is 22.8 Å². The molecular formula is C22H22N2O3. The number of benzene rings is 2.